The normalized spacial score (nSPS) is 15.0. The molecule has 0 bridgehead atoms. The Balaban J connectivity index is 1.57. The Morgan fingerprint density at radius 2 is 2.00 bits per heavy atom. The first-order valence-electron chi connectivity index (χ1n) is 11.6. The van der Waals surface area contributed by atoms with Gasteiger partial charge in [-0.15, -0.1) is 0 Å². The Morgan fingerprint density at radius 3 is 2.73 bits per heavy atom. The number of nitrogens with two attached hydrogens (primary N) is 2. The van der Waals surface area contributed by atoms with Gasteiger partial charge in [-0.1, -0.05) is 24.3 Å². The fraction of sp³-hybridized carbons (Fsp3) is 0.222. The molecular formula is C27H28N6O4. The fourth-order valence-electron chi connectivity index (χ4n) is 4.25. The lowest BCUT2D eigenvalue weighted by Gasteiger charge is -2.24. The minimum Gasteiger partial charge on any atom is -0.493 e. The van der Waals surface area contributed by atoms with Gasteiger partial charge in [-0.3, -0.25) is 4.79 Å². The fourth-order valence-corrected chi connectivity index (χ4v) is 4.25. The average molecular weight is 501 g/mol. The van der Waals surface area contributed by atoms with Gasteiger partial charge < -0.3 is 31.2 Å². The van der Waals surface area contributed by atoms with Crippen molar-refractivity contribution in [1.82, 2.24) is 15.4 Å². The molecule has 0 aliphatic carbocycles. The standard InChI is InChI=1S/C27H28N6O4/c1-36-24-11-16(10-19-13-30-27(29)32-26(19)28)9-17(25(24)37-2)7-8-23(35)20(15-34)12-22-21-6-4-3-5-18(21)14-31-33-22/h3-9,11,13-15,20,22,33H,10,12H2,1-2H3,(H4,28,29,30,32)/b8-7+. The van der Waals surface area contributed by atoms with Crippen molar-refractivity contribution in [1.29, 1.82) is 0 Å². The summed E-state index contributed by atoms with van der Waals surface area (Å²) < 4.78 is 11.1. The van der Waals surface area contributed by atoms with E-state index in [9.17, 15) is 9.59 Å². The molecule has 1 aliphatic rings. The summed E-state index contributed by atoms with van der Waals surface area (Å²) in [7, 11) is 3.05. The number of nitrogen functional groups attached to an aromatic ring is 2. The van der Waals surface area contributed by atoms with Crippen molar-refractivity contribution in [3.63, 3.8) is 0 Å². The zero-order chi connectivity index (χ0) is 26.4. The van der Waals surface area contributed by atoms with Crippen LogP contribution in [0.25, 0.3) is 6.08 Å². The van der Waals surface area contributed by atoms with Gasteiger partial charge in [0.2, 0.25) is 5.95 Å². The topological polar surface area (TPSA) is 155 Å². The molecule has 0 spiro atoms. The summed E-state index contributed by atoms with van der Waals surface area (Å²) in [5.41, 5.74) is 18.7. The first-order chi connectivity index (χ1) is 17.9. The molecule has 1 aromatic heterocycles. The lowest BCUT2D eigenvalue weighted by atomic mass is 9.90. The number of nitrogens with one attached hydrogen (secondary N) is 1. The van der Waals surface area contributed by atoms with Crippen molar-refractivity contribution in [2.45, 2.75) is 18.9 Å². The molecule has 4 rings (SSSR count). The number of benzene rings is 2. The summed E-state index contributed by atoms with van der Waals surface area (Å²) in [6, 6.07) is 11.2. The second-order valence-corrected chi connectivity index (χ2v) is 8.52. The minimum absolute atomic E-state index is 0.0964. The maximum Gasteiger partial charge on any atom is 0.221 e. The predicted molar refractivity (Wildman–Crippen MR) is 141 cm³/mol. The molecule has 1 aliphatic heterocycles. The molecular weight excluding hydrogens is 472 g/mol. The highest BCUT2D eigenvalue weighted by Gasteiger charge is 2.25. The predicted octanol–water partition coefficient (Wildman–Crippen LogP) is 2.71. The van der Waals surface area contributed by atoms with E-state index in [1.54, 1.807) is 18.5 Å². The van der Waals surface area contributed by atoms with Gasteiger partial charge in [-0.25, -0.2) is 4.98 Å². The van der Waals surface area contributed by atoms with Gasteiger partial charge in [0, 0.05) is 23.7 Å². The van der Waals surface area contributed by atoms with Crippen molar-refractivity contribution in [2.24, 2.45) is 11.0 Å². The van der Waals surface area contributed by atoms with E-state index in [4.69, 9.17) is 20.9 Å². The van der Waals surface area contributed by atoms with Crippen LogP contribution in [0.3, 0.4) is 0 Å². The van der Waals surface area contributed by atoms with E-state index in [0.29, 0.717) is 35.3 Å². The van der Waals surface area contributed by atoms with Crippen molar-refractivity contribution >= 4 is 36.1 Å². The zero-order valence-electron chi connectivity index (χ0n) is 20.5. The molecule has 10 nitrogen and oxygen atoms in total. The van der Waals surface area contributed by atoms with E-state index in [2.05, 4.69) is 20.5 Å². The van der Waals surface area contributed by atoms with Crippen LogP contribution in [0.4, 0.5) is 11.8 Å². The zero-order valence-corrected chi connectivity index (χ0v) is 20.5. The summed E-state index contributed by atoms with van der Waals surface area (Å²) in [5.74, 6) is 0.139. The maximum absolute atomic E-state index is 13.0. The first-order valence-corrected chi connectivity index (χ1v) is 11.6. The number of anilines is 2. The molecule has 10 heteroatoms. The quantitative estimate of drug-likeness (QED) is 0.216. The van der Waals surface area contributed by atoms with E-state index >= 15 is 0 Å². The van der Waals surface area contributed by atoms with Crippen LogP contribution in [0.5, 0.6) is 11.5 Å². The van der Waals surface area contributed by atoms with Crippen LogP contribution in [0.15, 0.2) is 53.8 Å². The summed E-state index contributed by atoms with van der Waals surface area (Å²) in [4.78, 5) is 32.9. The molecule has 190 valence electrons. The Morgan fingerprint density at radius 1 is 1.19 bits per heavy atom. The largest absolute Gasteiger partial charge is 0.493 e. The number of nitrogens with zero attached hydrogens (tertiary/aromatic N) is 3. The van der Waals surface area contributed by atoms with Gasteiger partial charge in [0.15, 0.2) is 17.3 Å². The number of methoxy groups -OCH3 is 2. The van der Waals surface area contributed by atoms with Crippen LogP contribution in [0.1, 0.15) is 40.3 Å². The van der Waals surface area contributed by atoms with E-state index in [1.807, 2.05) is 36.4 Å². The Labute approximate surface area is 214 Å². The number of allylic oxidation sites excluding steroid dienone is 1. The SMILES string of the molecule is COc1cc(Cc2cnc(N)nc2N)cc(/C=C/C(=O)C(C=O)CC2NN=Cc3ccccc32)c1OC. The summed E-state index contributed by atoms with van der Waals surface area (Å²) >= 11 is 0. The summed E-state index contributed by atoms with van der Waals surface area (Å²) in [6.07, 6.45) is 7.66. The molecule has 2 atom stereocenters. The van der Waals surface area contributed by atoms with Gasteiger partial charge in [-0.05, 0) is 47.4 Å². The number of carbonyl (C=O) groups is 2. The van der Waals surface area contributed by atoms with E-state index in [1.165, 1.54) is 20.3 Å². The first kappa shape index (κ1) is 25.4. The molecule has 5 N–H and O–H groups in total. The number of ether oxygens (including phenoxy) is 2. The lowest BCUT2D eigenvalue weighted by Crippen LogP contribution is -2.27. The van der Waals surface area contributed by atoms with Gasteiger partial charge in [-0.2, -0.15) is 10.1 Å². The van der Waals surface area contributed by atoms with Crippen LogP contribution in [-0.4, -0.2) is 42.5 Å². The van der Waals surface area contributed by atoms with Crippen LogP contribution in [0.2, 0.25) is 0 Å². The van der Waals surface area contributed by atoms with Crippen LogP contribution in [0, 0.1) is 5.92 Å². The Hall–Kier alpha value is -4.73. The van der Waals surface area contributed by atoms with Crippen molar-refractivity contribution in [3.8, 4) is 11.5 Å². The van der Waals surface area contributed by atoms with Gasteiger partial charge in [0.1, 0.15) is 12.1 Å². The van der Waals surface area contributed by atoms with Gasteiger partial charge >= 0.3 is 0 Å². The Bertz CT molecular complexity index is 1370. The smallest absolute Gasteiger partial charge is 0.221 e. The van der Waals surface area contributed by atoms with Crippen LogP contribution < -0.4 is 26.4 Å². The molecule has 2 heterocycles. The highest BCUT2D eigenvalue weighted by molar-refractivity contribution is 6.03. The molecule has 0 saturated carbocycles. The summed E-state index contributed by atoms with van der Waals surface area (Å²) in [6.45, 7) is 0. The second kappa shape index (κ2) is 11.3. The molecule has 0 fully saturated rings. The third-order valence-electron chi connectivity index (χ3n) is 6.13. The van der Waals surface area contributed by atoms with E-state index in [-0.39, 0.29) is 30.0 Å². The highest BCUT2D eigenvalue weighted by Crippen LogP contribution is 2.35. The molecule has 2 unspecified atom stereocenters. The molecule has 2 aromatic carbocycles. The molecule has 0 amide bonds. The number of hydrogen-bond donors (Lipinski definition) is 3. The molecule has 0 radical (unpaired) electrons. The molecule has 3 aromatic rings. The number of carbonyl (C=O) groups excluding carboxylic acids is 2. The van der Waals surface area contributed by atoms with Gasteiger partial charge in [0.05, 0.1) is 32.4 Å². The second-order valence-electron chi connectivity index (χ2n) is 8.52. The number of fused-ring (bicyclic) bond motifs is 1. The minimum atomic E-state index is -0.849. The van der Waals surface area contributed by atoms with Gasteiger partial charge in [0.25, 0.3) is 0 Å². The van der Waals surface area contributed by atoms with Crippen molar-refractivity contribution in [3.05, 3.63) is 76.5 Å². The third-order valence-corrected chi connectivity index (χ3v) is 6.13. The lowest BCUT2D eigenvalue weighted by molar-refractivity contribution is -0.124. The number of aromatic nitrogens is 2. The van der Waals surface area contributed by atoms with Crippen molar-refractivity contribution in [2.75, 3.05) is 25.7 Å². The molecule has 37 heavy (non-hydrogen) atoms. The maximum atomic E-state index is 13.0. The monoisotopic (exact) mass is 500 g/mol. The number of hydrogen-bond acceptors (Lipinski definition) is 10. The van der Waals surface area contributed by atoms with Crippen molar-refractivity contribution < 1.29 is 19.1 Å². The number of ketones is 1. The number of hydrazone groups is 1. The summed E-state index contributed by atoms with van der Waals surface area (Å²) in [5, 5.41) is 4.16. The third kappa shape index (κ3) is 5.75. The highest BCUT2D eigenvalue weighted by atomic mass is 16.5. The van der Waals surface area contributed by atoms with E-state index in [0.717, 1.165) is 16.7 Å². The Kier molecular flexibility index (Phi) is 7.77. The van der Waals surface area contributed by atoms with E-state index < -0.39 is 5.92 Å². The van der Waals surface area contributed by atoms with Crippen LogP contribution >= 0.6 is 0 Å². The number of rotatable bonds is 10. The van der Waals surface area contributed by atoms with Crippen LogP contribution in [-0.2, 0) is 16.0 Å². The average Bonchev–Trinajstić information content (AvgIpc) is 2.91. The molecule has 0 saturated heterocycles. The number of aldehydes is 1.